The van der Waals surface area contributed by atoms with Crippen LogP contribution in [0.15, 0.2) is 24.3 Å². The minimum absolute atomic E-state index is 0.349. The molecular weight excluding hydrogens is 550 g/mol. The van der Waals surface area contributed by atoms with Crippen LogP contribution >= 0.6 is 0 Å². The lowest BCUT2D eigenvalue weighted by Gasteiger charge is -2.27. The second-order valence-corrected chi connectivity index (χ2v) is 12.9. The first kappa shape index (κ1) is 42.8. The Labute approximate surface area is 272 Å². The molecule has 0 heterocycles. The first-order chi connectivity index (χ1) is 21.5. The number of carbonyl (C=O) groups is 1. The standard InChI is InChI=1S/C38H73NO5/c1-3-5-7-9-11-13-15-16-17-18-19-20-22-24-26-28-30-32-36(42)38(44)39-34(33-40)37(43)35(41)31-29-27-25-23-21-14-12-10-8-6-4-2/h19-20,23,25,34-37,40-43H,3-18,21-22,24,26-33H2,1-2H3,(H,39,44)/b20-19-,25-23+. The summed E-state index contributed by atoms with van der Waals surface area (Å²) in [6.45, 7) is 3.99. The molecule has 0 aliphatic rings. The third kappa shape index (κ3) is 27.1. The molecule has 4 atom stereocenters. The molecule has 6 nitrogen and oxygen atoms in total. The van der Waals surface area contributed by atoms with E-state index in [-0.39, 0.29) is 0 Å². The van der Waals surface area contributed by atoms with Crippen molar-refractivity contribution in [1.82, 2.24) is 5.32 Å². The quantitative estimate of drug-likeness (QED) is 0.0371. The van der Waals surface area contributed by atoms with Gasteiger partial charge in [0.2, 0.25) is 5.91 Å². The van der Waals surface area contributed by atoms with Gasteiger partial charge in [-0.25, -0.2) is 0 Å². The molecule has 6 heteroatoms. The van der Waals surface area contributed by atoms with Gasteiger partial charge in [-0.2, -0.15) is 0 Å². The minimum Gasteiger partial charge on any atom is -0.394 e. The average Bonchev–Trinajstić information content (AvgIpc) is 3.03. The topological polar surface area (TPSA) is 110 Å². The highest BCUT2D eigenvalue weighted by molar-refractivity contribution is 5.80. The summed E-state index contributed by atoms with van der Waals surface area (Å²) in [6.07, 6.45) is 34.9. The highest BCUT2D eigenvalue weighted by Gasteiger charge is 2.28. The van der Waals surface area contributed by atoms with E-state index in [2.05, 4.69) is 43.5 Å². The zero-order chi connectivity index (χ0) is 32.5. The smallest absolute Gasteiger partial charge is 0.249 e. The van der Waals surface area contributed by atoms with Crippen LogP contribution in [-0.2, 0) is 4.79 Å². The van der Waals surface area contributed by atoms with E-state index in [1.807, 2.05) is 0 Å². The molecule has 0 aliphatic heterocycles. The molecule has 260 valence electrons. The van der Waals surface area contributed by atoms with Gasteiger partial charge in [-0.05, 0) is 64.2 Å². The van der Waals surface area contributed by atoms with Crippen LogP contribution < -0.4 is 5.32 Å². The highest BCUT2D eigenvalue weighted by Crippen LogP contribution is 2.14. The maximum atomic E-state index is 12.4. The van der Waals surface area contributed by atoms with E-state index in [9.17, 15) is 25.2 Å². The Morgan fingerprint density at radius 3 is 1.36 bits per heavy atom. The second-order valence-electron chi connectivity index (χ2n) is 12.9. The number of unbranched alkanes of at least 4 members (excludes halogenated alkanes) is 20. The maximum Gasteiger partial charge on any atom is 0.249 e. The number of amides is 1. The molecule has 0 spiro atoms. The van der Waals surface area contributed by atoms with Crippen LogP contribution in [0.5, 0.6) is 0 Å². The number of allylic oxidation sites excluding steroid dienone is 4. The molecule has 0 radical (unpaired) electrons. The van der Waals surface area contributed by atoms with Gasteiger partial charge in [0.1, 0.15) is 12.2 Å². The van der Waals surface area contributed by atoms with Gasteiger partial charge in [0.15, 0.2) is 0 Å². The Morgan fingerprint density at radius 2 is 0.932 bits per heavy atom. The lowest BCUT2D eigenvalue weighted by molar-refractivity contribution is -0.132. The zero-order valence-corrected chi connectivity index (χ0v) is 28.9. The molecular formula is C38H73NO5. The SMILES string of the molecule is CCCCCCCC/C=C/CCCC(O)C(O)C(CO)NC(=O)C(O)CCCCCC/C=C\CCCCCCCCCCC. The Balaban J connectivity index is 3.86. The van der Waals surface area contributed by atoms with E-state index < -0.39 is 36.9 Å². The van der Waals surface area contributed by atoms with Crippen molar-refractivity contribution in [2.45, 2.75) is 205 Å². The van der Waals surface area contributed by atoms with Gasteiger partial charge >= 0.3 is 0 Å². The maximum absolute atomic E-state index is 12.4. The number of nitrogens with one attached hydrogen (secondary N) is 1. The number of carbonyl (C=O) groups excluding carboxylic acids is 1. The van der Waals surface area contributed by atoms with Gasteiger partial charge in [0, 0.05) is 0 Å². The fourth-order valence-electron chi connectivity index (χ4n) is 5.57. The number of rotatable bonds is 33. The van der Waals surface area contributed by atoms with Gasteiger partial charge in [-0.3, -0.25) is 4.79 Å². The third-order valence-electron chi connectivity index (χ3n) is 8.63. The molecule has 0 rings (SSSR count). The monoisotopic (exact) mass is 624 g/mol. The predicted octanol–water partition coefficient (Wildman–Crippen LogP) is 8.84. The molecule has 5 N–H and O–H groups in total. The lowest BCUT2D eigenvalue weighted by atomic mass is 10.00. The molecule has 0 bridgehead atoms. The van der Waals surface area contributed by atoms with Crippen LogP contribution in [0.2, 0.25) is 0 Å². The number of hydrogen-bond acceptors (Lipinski definition) is 5. The zero-order valence-electron chi connectivity index (χ0n) is 28.9. The van der Waals surface area contributed by atoms with Crippen LogP contribution in [0.4, 0.5) is 0 Å². The van der Waals surface area contributed by atoms with E-state index in [0.29, 0.717) is 12.8 Å². The van der Waals surface area contributed by atoms with Crippen LogP contribution in [0.3, 0.4) is 0 Å². The van der Waals surface area contributed by atoms with Crippen molar-refractivity contribution in [3.63, 3.8) is 0 Å². The highest BCUT2D eigenvalue weighted by atomic mass is 16.3. The summed E-state index contributed by atoms with van der Waals surface area (Å²) >= 11 is 0. The molecule has 0 aromatic heterocycles. The van der Waals surface area contributed by atoms with Gasteiger partial charge in [-0.15, -0.1) is 0 Å². The number of aliphatic hydroxyl groups excluding tert-OH is 4. The van der Waals surface area contributed by atoms with Crippen LogP contribution in [0.1, 0.15) is 181 Å². The van der Waals surface area contributed by atoms with Crippen molar-refractivity contribution in [3.05, 3.63) is 24.3 Å². The Bertz CT molecular complexity index is 668. The summed E-state index contributed by atoms with van der Waals surface area (Å²) in [6, 6.07) is -1.00. The molecule has 4 unspecified atom stereocenters. The Morgan fingerprint density at radius 1 is 0.545 bits per heavy atom. The summed E-state index contributed by atoms with van der Waals surface area (Å²) in [5.74, 6) is -0.604. The minimum atomic E-state index is -1.28. The van der Waals surface area contributed by atoms with E-state index in [1.54, 1.807) is 0 Å². The van der Waals surface area contributed by atoms with Crippen molar-refractivity contribution < 1.29 is 25.2 Å². The summed E-state index contributed by atoms with van der Waals surface area (Å²) in [5, 5.41) is 43.3. The average molecular weight is 624 g/mol. The van der Waals surface area contributed by atoms with Crippen LogP contribution in [0, 0.1) is 0 Å². The molecule has 0 saturated carbocycles. The number of hydrogen-bond donors (Lipinski definition) is 5. The normalized spacial score (nSPS) is 14.8. The van der Waals surface area contributed by atoms with Crippen molar-refractivity contribution >= 4 is 5.91 Å². The summed E-state index contributed by atoms with van der Waals surface area (Å²) < 4.78 is 0. The largest absolute Gasteiger partial charge is 0.394 e. The fourth-order valence-corrected chi connectivity index (χ4v) is 5.57. The van der Waals surface area contributed by atoms with Crippen LogP contribution in [-0.4, -0.2) is 57.3 Å². The summed E-state index contributed by atoms with van der Waals surface area (Å²) in [5.41, 5.74) is 0. The van der Waals surface area contributed by atoms with Gasteiger partial charge in [-0.1, -0.05) is 141 Å². The van der Waals surface area contributed by atoms with Crippen molar-refractivity contribution in [3.8, 4) is 0 Å². The number of aliphatic hydroxyl groups is 4. The van der Waals surface area contributed by atoms with E-state index in [4.69, 9.17) is 0 Å². The molecule has 0 aromatic rings. The summed E-state index contributed by atoms with van der Waals surface area (Å²) in [4.78, 5) is 12.4. The van der Waals surface area contributed by atoms with E-state index >= 15 is 0 Å². The molecule has 0 saturated heterocycles. The first-order valence-corrected chi connectivity index (χ1v) is 18.7. The Hall–Kier alpha value is -1.21. The van der Waals surface area contributed by atoms with Crippen molar-refractivity contribution in [1.29, 1.82) is 0 Å². The first-order valence-electron chi connectivity index (χ1n) is 18.7. The summed E-state index contributed by atoms with van der Waals surface area (Å²) in [7, 11) is 0. The molecule has 0 fully saturated rings. The molecule has 0 aromatic carbocycles. The Kier molecular flexibility index (Phi) is 32.2. The molecule has 0 aliphatic carbocycles. The fraction of sp³-hybridized carbons (Fsp3) is 0.868. The van der Waals surface area contributed by atoms with Crippen LogP contribution in [0.25, 0.3) is 0 Å². The van der Waals surface area contributed by atoms with Gasteiger partial charge < -0.3 is 25.7 Å². The second kappa shape index (κ2) is 33.2. The molecule has 1 amide bonds. The van der Waals surface area contributed by atoms with Gasteiger partial charge in [0.05, 0.1) is 18.8 Å². The predicted molar refractivity (Wildman–Crippen MR) is 187 cm³/mol. The molecule has 44 heavy (non-hydrogen) atoms. The van der Waals surface area contributed by atoms with Crippen molar-refractivity contribution in [2.75, 3.05) is 6.61 Å². The lowest BCUT2D eigenvalue weighted by Crippen LogP contribution is -2.53. The van der Waals surface area contributed by atoms with E-state index in [0.717, 1.165) is 51.4 Å². The third-order valence-corrected chi connectivity index (χ3v) is 8.63. The van der Waals surface area contributed by atoms with E-state index in [1.165, 1.54) is 103 Å². The van der Waals surface area contributed by atoms with Crippen molar-refractivity contribution in [2.24, 2.45) is 0 Å². The van der Waals surface area contributed by atoms with Gasteiger partial charge in [0.25, 0.3) is 0 Å².